The fraction of sp³-hybridized carbons (Fsp3) is 0.562. The van der Waals surface area contributed by atoms with Gasteiger partial charge in [0, 0.05) is 23.9 Å². The number of rotatable bonds is 10. The lowest BCUT2D eigenvalue weighted by Crippen LogP contribution is -2.34. The van der Waals surface area contributed by atoms with Gasteiger partial charge in [-0.25, -0.2) is 0 Å². The number of thioether (sulfide) groups is 1. The molecule has 0 fully saturated rings. The Labute approximate surface area is 138 Å². The van der Waals surface area contributed by atoms with Crippen molar-refractivity contribution in [3.8, 4) is 5.75 Å². The van der Waals surface area contributed by atoms with Gasteiger partial charge in [0.05, 0.1) is 6.61 Å². The predicted molar refractivity (Wildman–Crippen MR) is 97.5 cm³/mol. The second-order valence-corrected chi connectivity index (χ2v) is 6.44. The molecule has 1 unspecified atom stereocenters. The van der Waals surface area contributed by atoms with Gasteiger partial charge in [-0.15, -0.1) is 0 Å². The largest absolute Gasteiger partial charge is 0.494 e. The van der Waals surface area contributed by atoms with Crippen molar-refractivity contribution in [2.45, 2.75) is 25.8 Å². The van der Waals surface area contributed by atoms with Gasteiger partial charge in [0.1, 0.15) is 10.7 Å². The Hall–Kier alpha value is -0.780. The Kier molecular flexibility index (Phi) is 8.73. The Balaban J connectivity index is 2.28. The third kappa shape index (κ3) is 6.68. The number of benzene rings is 1. The summed E-state index contributed by atoms with van der Waals surface area (Å²) >= 11 is 6.84. The molecule has 0 aliphatic rings. The SMILES string of the molecule is CCC(CSC)N(C)CCCOc1ccc(C(N)=S)cc1. The second-order valence-electron chi connectivity index (χ2n) is 5.09. The van der Waals surface area contributed by atoms with E-state index in [-0.39, 0.29) is 0 Å². The number of hydrogen-bond donors (Lipinski definition) is 1. The maximum absolute atomic E-state index is 5.75. The third-order valence-corrected chi connectivity index (χ3v) is 4.47. The number of thiocarbonyl (C=S) groups is 1. The highest BCUT2D eigenvalue weighted by molar-refractivity contribution is 7.98. The Morgan fingerprint density at radius 1 is 1.38 bits per heavy atom. The van der Waals surface area contributed by atoms with Crippen LogP contribution in [0, 0.1) is 0 Å². The van der Waals surface area contributed by atoms with Crippen molar-refractivity contribution in [1.29, 1.82) is 0 Å². The van der Waals surface area contributed by atoms with E-state index in [2.05, 4.69) is 25.1 Å². The molecule has 1 rings (SSSR count). The van der Waals surface area contributed by atoms with Crippen LogP contribution >= 0.6 is 24.0 Å². The van der Waals surface area contributed by atoms with E-state index < -0.39 is 0 Å². The van der Waals surface area contributed by atoms with Crippen molar-refractivity contribution >= 4 is 29.0 Å². The topological polar surface area (TPSA) is 38.5 Å². The highest BCUT2D eigenvalue weighted by atomic mass is 32.2. The molecule has 0 aromatic heterocycles. The van der Waals surface area contributed by atoms with E-state index in [0.717, 1.165) is 30.9 Å². The van der Waals surface area contributed by atoms with Crippen molar-refractivity contribution < 1.29 is 4.74 Å². The molecule has 3 nitrogen and oxygen atoms in total. The molecule has 21 heavy (non-hydrogen) atoms. The predicted octanol–water partition coefficient (Wildman–Crippen LogP) is 3.16. The highest BCUT2D eigenvalue weighted by Gasteiger charge is 2.11. The Morgan fingerprint density at radius 2 is 2.05 bits per heavy atom. The van der Waals surface area contributed by atoms with Crippen molar-refractivity contribution in [2.75, 3.05) is 32.2 Å². The van der Waals surface area contributed by atoms with Crippen molar-refractivity contribution in [3.05, 3.63) is 29.8 Å². The van der Waals surface area contributed by atoms with E-state index in [1.54, 1.807) is 0 Å². The van der Waals surface area contributed by atoms with Crippen LogP contribution < -0.4 is 10.5 Å². The van der Waals surface area contributed by atoms with E-state index >= 15 is 0 Å². The molecule has 0 aliphatic heterocycles. The first kappa shape index (κ1) is 18.3. The van der Waals surface area contributed by atoms with Gasteiger partial charge in [-0.1, -0.05) is 19.1 Å². The summed E-state index contributed by atoms with van der Waals surface area (Å²) in [6.45, 7) is 4.04. The van der Waals surface area contributed by atoms with Crippen LogP contribution in [0.2, 0.25) is 0 Å². The van der Waals surface area contributed by atoms with Gasteiger partial charge in [0.2, 0.25) is 0 Å². The van der Waals surface area contributed by atoms with Crippen molar-refractivity contribution in [1.82, 2.24) is 4.90 Å². The second kappa shape index (κ2) is 10.0. The molecule has 0 radical (unpaired) electrons. The summed E-state index contributed by atoms with van der Waals surface area (Å²) in [6.07, 6.45) is 4.38. The first-order chi connectivity index (χ1) is 10.1. The average Bonchev–Trinajstić information content (AvgIpc) is 2.49. The third-order valence-electron chi connectivity index (χ3n) is 3.52. The molecule has 0 amide bonds. The van der Waals surface area contributed by atoms with Gasteiger partial charge in [-0.3, -0.25) is 0 Å². The van der Waals surface area contributed by atoms with E-state index in [0.29, 0.717) is 11.0 Å². The fourth-order valence-electron chi connectivity index (χ4n) is 2.15. The first-order valence-electron chi connectivity index (χ1n) is 7.30. The first-order valence-corrected chi connectivity index (χ1v) is 9.10. The minimum absolute atomic E-state index is 0.419. The minimum atomic E-state index is 0.419. The number of ether oxygens (including phenoxy) is 1. The molecule has 0 aliphatic carbocycles. The molecule has 0 saturated heterocycles. The summed E-state index contributed by atoms with van der Waals surface area (Å²) in [7, 11) is 2.20. The van der Waals surface area contributed by atoms with E-state index in [9.17, 15) is 0 Å². The maximum atomic E-state index is 5.75. The standard InChI is InChI=1S/C16H26N2OS2/c1-4-14(12-21-3)18(2)10-5-11-19-15-8-6-13(7-9-15)16(17)20/h6-9,14H,4-5,10-12H2,1-3H3,(H2,17,20). The quantitative estimate of drug-likeness (QED) is 0.528. The minimum Gasteiger partial charge on any atom is -0.494 e. The average molecular weight is 327 g/mol. The van der Waals surface area contributed by atoms with Crippen LogP contribution in [0.1, 0.15) is 25.3 Å². The van der Waals surface area contributed by atoms with Crippen LogP contribution in [0.5, 0.6) is 5.75 Å². The molecular weight excluding hydrogens is 300 g/mol. The van der Waals surface area contributed by atoms with Crippen LogP contribution in [0.25, 0.3) is 0 Å². The van der Waals surface area contributed by atoms with E-state index in [1.807, 2.05) is 36.0 Å². The van der Waals surface area contributed by atoms with Crippen LogP contribution in [-0.4, -0.2) is 48.1 Å². The van der Waals surface area contributed by atoms with Gasteiger partial charge in [0.25, 0.3) is 0 Å². The highest BCUT2D eigenvalue weighted by Crippen LogP contribution is 2.13. The molecule has 1 aromatic rings. The lowest BCUT2D eigenvalue weighted by Gasteiger charge is -2.26. The Bertz CT molecular complexity index is 423. The summed E-state index contributed by atoms with van der Waals surface area (Å²) < 4.78 is 5.75. The molecule has 0 saturated carbocycles. The summed E-state index contributed by atoms with van der Waals surface area (Å²) in [5.74, 6) is 2.06. The smallest absolute Gasteiger partial charge is 0.119 e. The summed E-state index contributed by atoms with van der Waals surface area (Å²) in [5.41, 5.74) is 6.44. The summed E-state index contributed by atoms with van der Waals surface area (Å²) in [4.78, 5) is 2.85. The number of hydrogen-bond acceptors (Lipinski definition) is 4. The molecule has 1 atom stereocenters. The van der Waals surface area contributed by atoms with Gasteiger partial charge in [0.15, 0.2) is 0 Å². The number of nitrogens with two attached hydrogens (primary N) is 1. The summed E-state index contributed by atoms with van der Waals surface area (Å²) in [5, 5.41) is 0. The van der Waals surface area contributed by atoms with Crippen LogP contribution in [-0.2, 0) is 0 Å². The molecule has 0 bridgehead atoms. The van der Waals surface area contributed by atoms with Crippen LogP contribution in [0.4, 0.5) is 0 Å². The molecule has 118 valence electrons. The van der Waals surface area contributed by atoms with Gasteiger partial charge in [-0.05, 0) is 50.4 Å². The van der Waals surface area contributed by atoms with E-state index in [4.69, 9.17) is 22.7 Å². The summed E-state index contributed by atoms with van der Waals surface area (Å²) in [6, 6.07) is 8.29. The van der Waals surface area contributed by atoms with Gasteiger partial charge in [-0.2, -0.15) is 11.8 Å². The van der Waals surface area contributed by atoms with Gasteiger partial charge >= 0.3 is 0 Å². The number of nitrogens with zero attached hydrogens (tertiary/aromatic N) is 1. The molecule has 2 N–H and O–H groups in total. The Morgan fingerprint density at radius 3 is 2.57 bits per heavy atom. The zero-order valence-electron chi connectivity index (χ0n) is 13.2. The van der Waals surface area contributed by atoms with E-state index in [1.165, 1.54) is 12.2 Å². The van der Waals surface area contributed by atoms with Crippen LogP contribution in [0.15, 0.2) is 24.3 Å². The monoisotopic (exact) mass is 326 g/mol. The zero-order chi connectivity index (χ0) is 15.7. The molecule has 1 aromatic carbocycles. The lowest BCUT2D eigenvalue weighted by molar-refractivity contribution is 0.223. The molecular formula is C16H26N2OS2. The molecule has 0 spiro atoms. The maximum Gasteiger partial charge on any atom is 0.119 e. The zero-order valence-corrected chi connectivity index (χ0v) is 14.8. The fourth-order valence-corrected chi connectivity index (χ4v) is 3.16. The molecule has 0 heterocycles. The van der Waals surface area contributed by atoms with Crippen molar-refractivity contribution in [2.24, 2.45) is 5.73 Å². The van der Waals surface area contributed by atoms with Crippen molar-refractivity contribution in [3.63, 3.8) is 0 Å². The normalized spacial score (nSPS) is 12.4. The van der Waals surface area contributed by atoms with Gasteiger partial charge < -0.3 is 15.4 Å². The van der Waals surface area contributed by atoms with Crippen LogP contribution in [0.3, 0.4) is 0 Å². The lowest BCUT2D eigenvalue weighted by atomic mass is 10.2. The molecule has 5 heteroatoms.